The number of rotatable bonds is 5. The van der Waals surface area contributed by atoms with Gasteiger partial charge in [0.2, 0.25) is 0 Å². The molecule has 0 aliphatic rings. The van der Waals surface area contributed by atoms with E-state index in [9.17, 15) is 4.39 Å². The fraction of sp³-hybridized carbons (Fsp3) is 0.200. The van der Waals surface area contributed by atoms with E-state index in [2.05, 4.69) is 0 Å². The van der Waals surface area contributed by atoms with Gasteiger partial charge in [0.05, 0.1) is 0 Å². The van der Waals surface area contributed by atoms with Crippen molar-refractivity contribution >= 4 is 23.4 Å². The quantitative estimate of drug-likeness (QED) is 0.834. The SMILES string of the molecule is NCCc1cc(F)ccc1SCc1ccccc1Cl. The molecule has 4 heteroatoms. The highest BCUT2D eigenvalue weighted by Gasteiger charge is 2.06. The maximum atomic E-state index is 13.2. The van der Waals surface area contributed by atoms with E-state index in [1.54, 1.807) is 17.8 Å². The molecule has 0 aromatic heterocycles. The highest BCUT2D eigenvalue weighted by Crippen LogP contribution is 2.29. The smallest absolute Gasteiger partial charge is 0.123 e. The lowest BCUT2D eigenvalue weighted by Gasteiger charge is -2.09. The van der Waals surface area contributed by atoms with Gasteiger partial charge in [0.15, 0.2) is 0 Å². The van der Waals surface area contributed by atoms with Gasteiger partial charge in [-0.05, 0) is 48.4 Å². The van der Waals surface area contributed by atoms with Gasteiger partial charge >= 0.3 is 0 Å². The molecule has 0 radical (unpaired) electrons. The van der Waals surface area contributed by atoms with Gasteiger partial charge in [-0.3, -0.25) is 0 Å². The number of benzene rings is 2. The molecule has 0 bridgehead atoms. The molecule has 2 aromatic rings. The Kier molecular flexibility index (Phi) is 5.25. The highest BCUT2D eigenvalue weighted by molar-refractivity contribution is 7.98. The molecule has 0 aliphatic carbocycles. The summed E-state index contributed by atoms with van der Waals surface area (Å²) < 4.78 is 13.2. The molecular formula is C15H15ClFNS. The van der Waals surface area contributed by atoms with Crippen LogP contribution in [-0.4, -0.2) is 6.54 Å². The maximum absolute atomic E-state index is 13.2. The summed E-state index contributed by atoms with van der Waals surface area (Å²) in [6.07, 6.45) is 0.683. The Bertz CT molecular complexity index is 560. The third-order valence-electron chi connectivity index (χ3n) is 2.78. The van der Waals surface area contributed by atoms with E-state index in [1.165, 1.54) is 6.07 Å². The minimum atomic E-state index is -0.217. The van der Waals surface area contributed by atoms with E-state index in [-0.39, 0.29) is 5.82 Å². The van der Waals surface area contributed by atoms with Crippen LogP contribution in [0.2, 0.25) is 5.02 Å². The Morgan fingerprint density at radius 1 is 1.11 bits per heavy atom. The van der Waals surface area contributed by atoms with Crippen molar-refractivity contribution in [2.24, 2.45) is 5.73 Å². The maximum Gasteiger partial charge on any atom is 0.123 e. The molecule has 0 saturated carbocycles. The number of hydrogen-bond donors (Lipinski definition) is 1. The van der Waals surface area contributed by atoms with E-state index >= 15 is 0 Å². The first-order valence-electron chi connectivity index (χ1n) is 6.05. The normalized spacial score (nSPS) is 10.7. The van der Waals surface area contributed by atoms with Crippen molar-refractivity contribution in [3.63, 3.8) is 0 Å². The van der Waals surface area contributed by atoms with Gasteiger partial charge in [-0.2, -0.15) is 0 Å². The van der Waals surface area contributed by atoms with Crippen LogP contribution in [0.3, 0.4) is 0 Å². The molecule has 0 spiro atoms. The van der Waals surface area contributed by atoms with Crippen LogP contribution in [0.5, 0.6) is 0 Å². The van der Waals surface area contributed by atoms with E-state index in [4.69, 9.17) is 17.3 Å². The predicted molar refractivity (Wildman–Crippen MR) is 80.2 cm³/mol. The lowest BCUT2D eigenvalue weighted by molar-refractivity contribution is 0.623. The lowest BCUT2D eigenvalue weighted by atomic mass is 10.1. The van der Waals surface area contributed by atoms with Crippen LogP contribution in [0.1, 0.15) is 11.1 Å². The van der Waals surface area contributed by atoms with Crippen LogP contribution in [0.25, 0.3) is 0 Å². The van der Waals surface area contributed by atoms with Gasteiger partial charge < -0.3 is 5.73 Å². The van der Waals surface area contributed by atoms with Gasteiger partial charge in [-0.25, -0.2) is 4.39 Å². The van der Waals surface area contributed by atoms with Gasteiger partial charge in [-0.15, -0.1) is 11.8 Å². The third kappa shape index (κ3) is 3.96. The van der Waals surface area contributed by atoms with Crippen LogP contribution in [0.4, 0.5) is 4.39 Å². The molecule has 0 saturated heterocycles. The third-order valence-corrected chi connectivity index (χ3v) is 4.31. The molecule has 0 amide bonds. The molecular weight excluding hydrogens is 281 g/mol. The summed E-state index contributed by atoms with van der Waals surface area (Å²) in [5.74, 6) is 0.550. The van der Waals surface area contributed by atoms with Crippen molar-refractivity contribution in [2.45, 2.75) is 17.1 Å². The molecule has 0 aliphatic heterocycles. The van der Waals surface area contributed by atoms with Gasteiger partial charge in [-0.1, -0.05) is 29.8 Å². The summed E-state index contributed by atoms with van der Waals surface area (Å²) in [5.41, 5.74) is 7.60. The molecule has 2 rings (SSSR count). The van der Waals surface area contributed by atoms with Gasteiger partial charge in [0.25, 0.3) is 0 Å². The molecule has 2 aromatic carbocycles. The summed E-state index contributed by atoms with van der Waals surface area (Å²) >= 11 is 7.78. The molecule has 1 nitrogen and oxygen atoms in total. The van der Waals surface area contributed by atoms with Crippen molar-refractivity contribution < 1.29 is 4.39 Å². The zero-order chi connectivity index (χ0) is 13.7. The van der Waals surface area contributed by atoms with Crippen molar-refractivity contribution in [3.05, 3.63) is 64.4 Å². The largest absolute Gasteiger partial charge is 0.330 e. The Labute approximate surface area is 122 Å². The second-order valence-electron chi connectivity index (χ2n) is 4.17. The van der Waals surface area contributed by atoms with Gasteiger partial charge in [0.1, 0.15) is 5.82 Å². The fourth-order valence-corrected chi connectivity index (χ4v) is 3.17. The first-order chi connectivity index (χ1) is 9.20. The second kappa shape index (κ2) is 6.94. The molecule has 0 unspecified atom stereocenters. The van der Waals surface area contributed by atoms with Crippen LogP contribution < -0.4 is 5.73 Å². The molecule has 100 valence electrons. The van der Waals surface area contributed by atoms with E-state index in [0.29, 0.717) is 13.0 Å². The minimum Gasteiger partial charge on any atom is -0.330 e. The van der Waals surface area contributed by atoms with Crippen LogP contribution in [0.15, 0.2) is 47.4 Å². The van der Waals surface area contributed by atoms with E-state index < -0.39 is 0 Å². The van der Waals surface area contributed by atoms with Crippen LogP contribution >= 0.6 is 23.4 Å². The van der Waals surface area contributed by atoms with Crippen LogP contribution in [0, 0.1) is 5.82 Å². The summed E-state index contributed by atoms with van der Waals surface area (Å²) in [7, 11) is 0. The second-order valence-corrected chi connectivity index (χ2v) is 5.60. The van der Waals surface area contributed by atoms with Crippen molar-refractivity contribution in [2.75, 3.05) is 6.54 Å². The topological polar surface area (TPSA) is 26.0 Å². The lowest BCUT2D eigenvalue weighted by Crippen LogP contribution is -2.04. The molecule has 2 N–H and O–H groups in total. The standard InChI is InChI=1S/C15H15ClFNS/c16-14-4-2-1-3-12(14)10-19-15-6-5-13(17)9-11(15)7-8-18/h1-6,9H,7-8,10,18H2. The highest BCUT2D eigenvalue weighted by atomic mass is 35.5. The average Bonchev–Trinajstić information content (AvgIpc) is 2.40. The van der Waals surface area contributed by atoms with E-state index in [1.807, 2.05) is 30.3 Å². The number of hydrogen-bond acceptors (Lipinski definition) is 2. The first kappa shape index (κ1) is 14.4. The molecule has 0 atom stereocenters. The zero-order valence-electron chi connectivity index (χ0n) is 10.4. The Balaban J connectivity index is 2.13. The van der Waals surface area contributed by atoms with Crippen molar-refractivity contribution in [1.82, 2.24) is 0 Å². The molecule has 0 heterocycles. The van der Waals surface area contributed by atoms with Crippen molar-refractivity contribution in [3.8, 4) is 0 Å². The fourth-order valence-electron chi connectivity index (χ4n) is 1.81. The van der Waals surface area contributed by atoms with Gasteiger partial charge in [0, 0.05) is 15.7 Å². The summed E-state index contributed by atoms with van der Waals surface area (Å²) in [6, 6.07) is 12.6. The minimum absolute atomic E-state index is 0.217. The predicted octanol–water partition coefficient (Wildman–Crippen LogP) is 4.27. The summed E-state index contributed by atoms with van der Waals surface area (Å²) in [4.78, 5) is 1.06. The van der Waals surface area contributed by atoms with Crippen molar-refractivity contribution in [1.29, 1.82) is 0 Å². The first-order valence-corrected chi connectivity index (χ1v) is 7.42. The molecule has 19 heavy (non-hydrogen) atoms. The number of halogens is 2. The van der Waals surface area contributed by atoms with Crippen LogP contribution in [-0.2, 0) is 12.2 Å². The Morgan fingerprint density at radius 3 is 2.63 bits per heavy atom. The average molecular weight is 296 g/mol. The number of nitrogens with two attached hydrogens (primary N) is 1. The Hall–Kier alpha value is -1.03. The summed E-state index contributed by atoms with van der Waals surface area (Å²) in [6.45, 7) is 0.517. The number of thioether (sulfide) groups is 1. The molecule has 0 fully saturated rings. The Morgan fingerprint density at radius 2 is 1.89 bits per heavy atom. The zero-order valence-corrected chi connectivity index (χ0v) is 12.0. The monoisotopic (exact) mass is 295 g/mol. The van der Waals surface area contributed by atoms with E-state index in [0.717, 1.165) is 26.8 Å². The summed E-state index contributed by atoms with van der Waals surface area (Å²) in [5, 5.41) is 0.762.